The minimum Gasteiger partial charge on any atom is -0.339 e. The summed E-state index contributed by atoms with van der Waals surface area (Å²) in [5, 5.41) is 6.87. The van der Waals surface area contributed by atoms with Gasteiger partial charge in [-0.1, -0.05) is 47.1 Å². The number of hydrogen-bond acceptors (Lipinski definition) is 4. The number of amides is 1. The number of aromatic nitrogens is 2. The Kier molecular flexibility index (Phi) is 5.01. The molecule has 5 nitrogen and oxygen atoms in total. The summed E-state index contributed by atoms with van der Waals surface area (Å²) < 4.78 is 5.27. The molecule has 2 aromatic carbocycles. The number of benzene rings is 2. The summed E-state index contributed by atoms with van der Waals surface area (Å²) in [6.07, 6.45) is 1.66. The first kappa shape index (κ1) is 15.9. The molecule has 0 saturated heterocycles. The van der Waals surface area contributed by atoms with Crippen LogP contribution in [0.1, 0.15) is 24.3 Å². The van der Waals surface area contributed by atoms with E-state index in [9.17, 15) is 4.79 Å². The molecule has 0 saturated carbocycles. The van der Waals surface area contributed by atoms with Crippen LogP contribution in [0, 0.1) is 6.92 Å². The molecule has 0 radical (unpaired) electrons. The third kappa shape index (κ3) is 4.29. The van der Waals surface area contributed by atoms with Gasteiger partial charge in [0.2, 0.25) is 17.6 Å². The zero-order valence-electron chi connectivity index (χ0n) is 13.5. The quantitative estimate of drug-likeness (QED) is 0.745. The molecule has 0 atom stereocenters. The lowest BCUT2D eigenvalue weighted by molar-refractivity contribution is -0.116. The molecule has 1 amide bonds. The Balaban J connectivity index is 1.50. The second-order valence-corrected chi connectivity index (χ2v) is 5.65. The molecule has 1 heterocycles. The molecule has 1 aromatic heterocycles. The standard InChI is InChI=1S/C19H19N3O2/c1-14-7-5-8-15(13-14)19-21-18(24-22-19)12-6-11-17(23)20-16-9-3-2-4-10-16/h2-5,7-10,13H,6,11-12H2,1H3,(H,20,23). The number of nitrogens with zero attached hydrogens (tertiary/aromatic N) is 2. The summed E-state index contributed by atoms with van der Waals surface area (Å²) in [5.74, 6) is 1.13. The average Bonchev–Trinajstić information content (AvgIpc) is 3.05. The van der Waals surface area contributed by atoms with Crippen molar-refractivity contribution < 1.29 is 9.32 Å². The number of para-hydroxylation sites is 1. The van der Waals surface area contributed by atoms with E-state index in [1.165, 1.54) is 0 Å². The van der Waals surface area contributed by atoms with E-state index in [0.717, 1.165) is 16.8 Å². The first-order valence-corrected chi connectivity index (χ1v) is 7.95. The van der Waals surface area contributed by atoms with Crippen LogP contribution in [-0.4, -0.2) is 16.0 Å². The number of aryl methyl sites for hydroxylation is 2. The molecule has 0 aliphatic carbocycles. The maximum absolute atomic E-state index is 11.9. The van der Waals surface area contributed by atoms with E-state index in [1.54, 1.807) is 0 Å². The number of hydrogen-bond donors (Lipinski definition) is 1. The van der Waals surface area contributed by atoms with Crippen LogP contribution in [0.5, 0.6) is 0 Å². The highest BCUT2D eigenvalue weighted by Gasteiger charge is 2.09. The molecule has 0 aliphatic rings. The van der Waals surface area contributed by atoms with Gasteiger partial charge in [-0.05, 0) is 31.5 Å². The summed E-state index contributed by atoms with van der Waals surface area (Å²) in [6, 6.07) is 17.4. The molecular weight excluding hydrogens is 302 g/mol. The predicted molar refractivity (Wildman–Crippen MR) is 92.5 cm³/mol. The molecule has 5 heteroatoms. The van der Waals surface area contributed by atoms with Gasteiger partial charge in [0.1, 0.15) is 0 Å². The largest absolute Gasteiger partial charge is 0.339 e. The average molecular weight is 321 g/mol. The van der Waals surface area contributed by atoms with Crippen LogP contribution in [0.3, 0.4) is 0 Å². The molecule has 0 fully saturated rings. The van der Waals surface area contributed by atoms with E-state index >= 15 is 0 Å². The highest BCUT2D eigenvalue weighted by molar-refractivity contribution is 5.90. The van der Waals surface area contributed by atoms with Crippen molar-refractivity contribution in [3.63, 3.8) is 0 Å². The first-order chi connectivity index (χ1) is 11.7. The molecule has 3 rings (SSSR count). The van der Waals surface area contributed by atoms with Crippen LogP contribution in [0.25, 0.3) is 11.4 Å². The number of rotatable bonds is 6. The fraction of sp³-hybridized carbons (Fsp3) is 0.211. The van der Waals surface area contributed by atoms with Crippen LogP contribution in [0.2, 0.25) is 0 Å². The normalized spacial score (nSPS) is 10.5. The number of carbonyl (C=O) groups is 1. The van der Waals surface area contributed by atoms with Gasteiger partial charge in [0.05, 0.1) is 0 Å². The van der Waals surface area contributed by atoms with Gasteiger partial charge in [-0.2, -0.15) is 4.98 Å². The van der Waals surface area contributed by atoms with E-state index in [-0.39, 0.29) is 5.91 Å². The van der Waals surface area contributed by atoms with Crippen molar-refractivity contribution in [2.45, 2.75) is 26.2 Å². The summed E-state index contributed by atoms with van der Waals surface area (Å²) in [4.78, 5) is 16.3. The molecule has 0 bridgehead atoms. The monoisotopic (exact) mass is 321 g/mol. The zero-order chi connectivity index (χ0) is 16.8. The van der Waals surface area contributed by atoms with Crippen LogP contribution < -0.4 is 5.32 Å². The second kappa shape index (κ2) is 7.55. The zero-order valence-corrected chi connectivity index (χ0v) is 13.5. The Morgan fingerprint density at radius 3 is 2.75 bits per heavy atom. The smallest absolute Gasteiger partial charge is 0.226 e. The fourth-order valence-corrected chi connectivity index (χ4v) is 2.40. The SMILES string of the molecule is Cc1cccc(-c2noc(CCCC(=O)Nc3ccccc3)n2)c1. The Labute approximate surface area is 140 Å². The van der Waals surface area contributed by atoms with Gasteiger partial charge in [0.25, 0.3) is 0 Å². The maximum atomic E-state index is 11.9. The Hall–Kier alpha value is -2.95. The van der Waals surface area contributed by atoms with Gasteiger partial charge in [0.15, 0.2) is 0 Å². The van der Waals surface area contributed by atoms with Gasteiger partial charge < -0.3 is 9.84 Å². The van der Waals surface area contributed by atoms with Crippen molar-refractivity contribution in [3.05, 3.63) is 66.1 Å². The van der Waals surface area contributed by atoms with E-state index in [2.05, 4.69) is 15.5 Å². The lowest BCUT2D eigenvalue weighted by Gasteiger charge is -2.03. The highest BCUT2D eigenvalue weighted by atomic mass is 16.5. The van der Waals surface area contributed by atoms with Crippen molar-refractivity contribution in [2.75, 3.05) is 5.32 Å². The van der Waals surface area contributed by atoms with Crippen LogP contribution in [-0.2, 0) is 11.2 Å². The Morgan fingerprint density at radius 2 is 1.96 bits per heavy atom. The van der Waals surface area contributed by atoms with Gasteiger partial charge >= 0.3 is 0 Å². The van der Waals surface area contributed by atoms with E-state index < -0.39 is 0 Å². The van der Waals surface area contributed by atoms with Crippen molar-refractivity contribution in [1.29, 1.82) is 0 Å². The number of carbonyl (C=O) groups excluding carboxylic acids is 1. The molecular formula is C19H19N3O2. The minimum atomic E-state index is -0.0142. The van der Waals surface area contributed by atoms with E-state index in [4.69, 9.17) is 4.52 Å². The van der Waals surface area contributed by atoms with Crippen LogP contribution >= 0.6 is 0 Å². The minimum absolute atomic E-state index is 0.0142. The molecule has 122 valence electrons. The van der Waals surface area contributed by atoms with Crippen molar-refractivity contribution >= 4 is 11.6 Å². The summed E-state index contributed by atoms with van der Waals surface area (Å²) in [5.41, 5.74) is 2.89. The lowest BCUT2D eigenvalue weighted by atomic mass is 10.1. The third-order valence-corrected chi connectivity index (χ3v) is 3.60. The van der Waals surface area contributed by atoms with Crippen molar-refractivity contribution in [2.24, 2.45) is 0 Å². The van der Waals surface area contributed by atoms with Gasteiger partial charge in [-0.25, -0.2) is 0 Å². The topological polar surface area (TPSA) is 68.0 Å². The summed E-state index contributed by atoms with van der Waals surface area (Å²) in [7, 11) is 0. The predicted octanol–water partition coefficient (Wildman–Crippen LogP) is 4.01. The van der Waals surface area contributed by atoms with Gasteiger partial charge in [-0.15, -0.1) is 0 Å². The first-order valence-electron chi connectivity index (χ1n) is 7.95. The van der Waals surface area contributed by atoms with Crippen LogP contribution in [0.15, 0.2) is 59.1 Å². The molecule has 3 aromatic rings. The second-order valence-electron chi connectivity index (χ2n) is 5.65. The van der Waals surface area contributed by atoms with Crippen LogP contribution in [0.4, 0.5) is 5.69 Å². The lowest BCUT2D eigenvalue weighted by Crippen LogP contribution is -2.11. The Bertz CT molecular complexity index is 812. The number of anilines is 1. The van der Waals surface area contributed by atoms with Gasteiger partial charge in [-0.3, -0.25) is 4.79 Å². The highest BCUT2D eigenvalue weighted by Crippen LogP contribution is 2.17. The van der Waals surface area contributed by atoms with E-state index in [1.807, 2.05) is 61.5 Å². The fourth-order valence-electron chi connectivity index (χ4n) is 2.40. The van der Waals surface area contributed by atoms with Crippen molar-refractivity contribution in [3.8, 4) is 11.4 Å². The third-order valence-electron chi connectivity index (χ3n) is 3.60. The molecule has 24 heavy (non-hydrogen) atoms. The van der Waals surface area contributed by atoms with Gasteiger partial charge in [0, 0.05) is 24.1 Å². The Morgan fingerprint density at radius 1 is 1.12 bits per heavy atom. The summed E-state index contributed by atoms with van der Waals surface area (Å²) >= 11 is 0. The molecule has 0 spiro atoms. The molecule has 0 aliphatic heterocycles. The van der Waals surface area contributed by atoms with Crippen molar-refractivity contribution in [1.82, 2.24) is 10.1 Å². The maximum Gasteiger partial charge on any atom is 0.226 e. The number of nitrogens with one attached hydrogen (secondary N) is 1. The molecule has 0 unspecified atom stereocenters. The van der Waals surface area contributed by atoms with E-state index in [0.29, 0.717) is 31.0 Å². The molecule has 1 N–H and O–H groups in total. The summed E-state index contributed by atoms with van der Waals surface area (Å²) in [6.45, 7) is 2.02.